The summed E-state index contributed by atoms with van der Waals surface area (Å²) in [6.07, 6.45) is 1.82. The van der Waals surface area contributed by atoms with E-state index in [4.69, 9.17) is 16.0 Å². The van der Waals surface area contributed by atoms with Crippen LogP contribution in [0.3, 0.4) is 0 Å². The van der Waals surface area contributed by atoms with Crippen LogP contribution in [0, 0.1) is 0 Å². The molecule has 0 amide bonds. The first-order valence-electron chi connectivity index (χ1n) is 5.46. The van der Waals surface area contributed by atoms with Crippen LogP contribution in [-0.4, -0.2) is 6.54 Å². The maximum atomic E-state index is 5.94. The lowest BCUT2D eigenvalue weighted by atomic mass is 10.2. The average Bonchev–Trinajstić information content (AvgIpc) is 2.78. The highest BCUT2D eigenvalue weighted by Gasteiger charge is 2.04. The van der Waals surface area contributed by atoms with Crippen molar-refractivity contribution in [2.75, 3.05) is 6.54 Å². The van der Waals surface area contributed by atoms with E-state index >= 15 is 0 Å². The van der Waals surface area contributed by atoms with Crippen molar-refractivity contribution < 1.29 is 4.42 Å². The summed E-state index contributed by atoms with van der Waals surface area (Å²) in [6.45, 7) is 5.12. The predicted molar refractivity (Wildman–Crippen MR) is 78.3 cm³/mol. The quantitative estimate of drug-likeness (QED) is 0.654. The Morgan fingerprint density at radius 1 is 1.28 bits per heavy atom. The van der Waals surface area contributed by atoms with Crippen molar-refractivity contribution in [2.45, 2.75) is 6.54 Å². The van der Waals surface area contributed by atoms with Crippen LogP contribution in [0.2, 0.25) is 5.02 Å². The summed E-state index contributed by atoms with van der Waals surface area (Å²) < 4.78 is 5.72. The summed E-state index contributed by atoms with van der Waals surface area (Å²) in [6, 6.07) is 11.5. The van der Waals surface area contributed by atoms with Gasteiger partial charge in [-0.3, -0.25) is 0 Å². The average molecular weight is 284 g/mol. The maximum absolute atomic E-state index is 5.94. The molecule has 2 nitrogen and oxygen atoms in total. The van der Waals surface area contributed by atoms with Gasteiger partial charge in [0.15, 0.2) is 0 Å². The van der Waals surface area contributed by atoms with Crippen molar-refractivity contribution in [3.63, 3.8) is 0 Å². The van der Waals surface area contributed by atoms with Gasteiger partial charge in [-0.1, -0.05) is 29.8 Å². The number of nitrogens with one attached hydrogen (secondary N) is 1. The Bertz CT molecular complexity index is 508. The molecule has 0 bridgehead atoms. The third-order valence-electron chi connectivity index (χ3n) is 2.36. The predicted octanol–water partition coefficient (Wildman–Crippen LogP) is 4.30. The summed E-state index contributed by atoms with van der Waals surface area (Å²) in [5.41, 5.74) is 0.993. The van der Waals surface area contributed by atoms with Crippen molar-refractivity contribution in [3.05, 3.63) is 59.8 Å². The molecule has 2 rings (SSSR count). The number of rotatable bonds is 5. The summed E-state index contributed by atoms with van der Waals surface area (Å²) in [5, 5.41) is 3.90. The molecule has 0 fully saturated rings. The van der Waals surface area contributed by atoms with Gasteiger partial charge in [-0.05, 0) is 24.3 Å². The number of hydrogen-bond acceptors (Lipinski definition) is 2. The molecule has 18 heavy (non-hydrogen) atoms. The molecule has 0 atom stereocenters. The molecular formula is C14H15Cl2NO. The Kier molecular flexibility index (Phi) is 5.99. The van der Waals surface area contributed by atoms with Crippen LogP contribution >= 0.6 is 24.0 Å². The minimum Gasteiger partial charge on any atom is -0.460 e. The van der Waals surface area contributed by atoms with Gasteiger partial charge in [0.05, 0.1) is 6.54 Å². The second kappa shape index (κ2) is 7.27. The molecular weight excluding hydrogens is 269 g/mol. The van der Waals surface area contributed by atoms with Crippen LogP contribution < -0.4 is 5.32 Å². The van der Waals surface area contributed by atoms with Crippen LogP contribution in [0.1, 0.15) is 5.76 Å². The van der Waals surface area contributed by atoms with Crippen LogP contribution in [0.15, 0.2) is 53.5 Å². The van der Waals surface area contributed by atoms with Gasteiger partial charge in [-0.15, -0.1) is 19.0 Å². The molecule has 0 aliphatic heterocycles. The maximum Gasteiger partial charge on any atom is 0.134 e. The second-order valence-corrected chi connectivity index (χ2v) is 4.13. The zero-order valence-corrected chi connectivity index (χ0v) is 11.4. The van der Waals surface area contributed by atoms with Gasteiger partial charge in [-0.2, -0.15) is 0 Å². The fourth-order valence-corrected chi connectivity index (χ4v) is 1.76. The van der Waals surface area contributed by atoms with Gasteiger partial charge >= 0.3 is 0 Å². The van der Waals surface area contributed by atoms with E-state index in [2.05, 4.69) is 11.9 Å². The first kappa shape index (κ1) is 14.8. The van der Waals surface area contributed by atoms with Gasteiger partial charge in [0.1, 0.15) is 11.5 Å². The highest BCUT2D eigenvalue weighted by Crippen LogP contribution is 2.24. The van der Waals surface area contributed by atoms with Crippen molar-refractivity contribution >= 4 is 24.0 Å². The highest BCUT2D eigenvalue weighted by molar-refractivity contribution is 6.30. The summed E-state index contributed by atoms with van der Waals surface area (Å²) in [7, 11) is 0. The minimum atomic E-state index is 0. The van der Waals surface area contributed by atoms with Crippen molar-refractivity contribution in [1.82, 2.24) is 5.32 Å². The van der Waals surface area contributed by atoms with Gasteiger partial charge in [0, 0.05) is 17.1 Å². The molecule has 0 radical (unpaired) electrons. The zero-order valence-electron chi connectivity index (χ0n) is 9.86. The molecule has 1 aromatic carbocycles. The van der Waals surface area contributed by atoms with Gasteiger partial charge in [0.25, 0.3) is 0 Å². The molecule has 1 N–H and O–H groups in total. The second-order valence-electron chi connectivity index (χ2n) is 3.70. The van der Waals surface area contributed by atoms with Crippen molar-refractivity contribution in [1.29, 1.82) is 0 Å². The van der Waals surface area contributed by atoms with Crippen molar-refractivity contribution in [2.24, 2.45) is 0 Å². The lowest BCUT2D eigenvalue weighted by molar-refractivity contribution is 0.502. The Labute approximate surface area is 118 Å². The fourth-order valence-electron chi connectivity index (χ4n) is 1.57. The van der Waals surface area contributed by atoms with Crippen LogP contribution in [0.4, 0.5) is 0 Å². The monoisotopic (exact) mass is 283 g/mol. The van der Waals surface area contributed by atoms with E-state index in [-0.39, 0.29) is 12.4 Å². The molecule has 1 aromatic heterocycles. The van der Waals surface area contributed by atoms with Crippen LogP contribution in [-0.2, 0) is 6.54 Å². The van der Waals surface area contributed by atoms with E-state index in [0.717, 1.165) is 23.6 Å². The van der Waals surface area contributed by atoms with E-state index in [1.807, 2.05) is 42.5 Å². The Morgan fingerprint density at radius 2 is 2.11 bits per heavy atom. The number of furan rings is 1. The molecule has 0 unspecified atom stereocenters. The van der Waals surface area contributed by atoms with Gasteiger partial charge < -0.3 is 9.73 Å². The Morgan fingerprint density at radius 3 is 2.83 bits per heavy atom. The van der Waals surface area contributed by atoms with Crippen LogP contribution in [0.5, 0.6) is 0 Å². The molecule has 2 aromatic rings. The number of benzene rings is 1. The van der Waals surface area contributed by atoms with Crippen molar-refractivity contribution in [3.8, 4) is 11.3 Å². The van der Waals surface area contributed by atoms with E-state index in [1.54, 1.807) is 0 Å². The molecule has 4 heteroatoms. The highest BCUT2D eigenvalue weighted by atomic mass is 35.5. The zero-order chi connectivity index (χ0) is 12.1. The Hall–Kier alpha value is -1.22. The van der Waals surface area contributed by atoms with E-state index < -0.39 is 0 Å². The fraction of sp³-hybridized carbons (Fsp3) is 0.143. The molecule has 1 heterocycles. The third-order valence-corrected chi connectivity index (χ3v) is 2.59. The minimum absolute atomic E-state index is 0. The first-order chi connectivity index (χ1) is 8.29. The van der Waals surface area contributed by atoms with E-state index in [9.17, 15) is 0 Å². The topological polar surface area (TPSA) is 25.2 Å². The van der Waals surface area contributed by atoms with E-state index in [1.165, 1.54) is 0 Å². The smallest absolute Gasteiger partial charge is 0.134 e. The SMILES string of the molecule is C=CCNCc1ccc(-c2cccc(Cl)c2)o1.Cl. The standard InChI is InChI=1S/C14H14ClNO.ClH/c1-2-8-16-10-13-6-7-14(17-13)11-4-3-5-12(15)9-11;/h2-7,9,16H,1,8,10H2;1H. The molecule has 0 saturated heterocycles. The van der Waals surface area contributed by atoms with E-state index in [0.29, 0.717) is 11.6 Å². The largest absolute Gasteiger partial charge is 0.460 e. The van der Waals surface area contributed by atoms with Gasteiger partial charge in [0.2, 0.25) is 0 Å². The summed E-state index contributed by atoms with van der Waals surface area (Å²) >= 11 is 5.94. The number of halogens is 2. The summed E-state index contributed by atoms with van der Waals surface area (Å²) in [5.74, 6) is 1.74. The Balaban J connectivity index is 0.00000162. The summed E-state index contributed by atoms with van der Waals surface area (Å²) in [4.78, 5) is 0. The van der Waals surface area contributed by atoms with Gasteiger partial charge in [-0.25, -0.2) is 0 Å². The molecule has 0 saturated carbocycles. The third kappa shape index (κ3) is 3.91. The lowest BCUT2D eigenvalue weighted by Gasteiger charge is -1.99. The molecule has 0 spiro atoms. The first-order valence-corrected chi connectivity index (χ1v) is 5.83. The normalized spacial score (nSPS) is 9.83. The number of hydrogen-bond donors (Lipinski definition) is 1. The lowest BCUT2D eigenvalue weighted by Crippen LogP contribution is -2.11. The van der Waals surface area contributed by atoms with Crippen LogP contribution in [0.25, 0.3) is 11.3 Å². The molecule has 96 valence electrons. The molecule has 0 aliphatic rings. The molecule has 0 aliphatic carbocycles.